The normalized spacial score (nSPS) is 15.6. The summed E-state index contributed by atoms with van der Waals surface area (Å²) >= 11 is 0. The van der Waals surface area contributed by atoms with E-state index in [9.17, 15) is 12.8 Å². The van der Waals surface area contributed by atoms with Crippen LogP contribution in [0.15, 0.2) is 28.7 Å². The molecule has 2 atom stereocenters. The fourth-order valence-electron chi connectivity index (χ4n) is 1.88. The van der Waals surface area contributed by atoms with Crippen LogP contribution in [0.5, 0.6) is 0 Å². The fraction of sp³-hybridized carbons (Fsp3) is 0.333. The Morgan fingerprint density at radius 1 is 1.37 bits per heavy atom. The fourth-order valence-corrected chi connectivity index (χ4v) is 2.59. The van der Waals surface area contributed by atoms with Gasteiger partial charge in [-0.25, -0.2) is 18.2 Å². The summed E-state index contributed by atoms with van der Waals surface area (Å²) in [5.74, 6) is 5.39. The first-order valence-electron chi connectivity index (χ1n) is 5.67. The second kappa shape index (κ2) is 4.92. The molecular formula is C12H15FN2O3S. The molecule has 0 radical (unpaired) electrons. The van der Waals surface area contributed by atoms with Gasteiger partial charge in [0.05, 0.1) is 11.3 Å². The molecule has 1 aromatic heterocycles. The lowest BCUT2D eigenvalue weighted by Crippen LogP contribution is -2.38. The maximum absolute atomic E-state index is 13.1. The molecule has 0 fully saturated rings. The number of hydrazine groups is 1. The molecular weight excluding hydrogens is 271 g/mol. The Kier molecular flexibility index (Phi) is 3.62. The highest BCUT2D eigenvalue weighted by molar-refractivity contribution is 7.91. The molecule has 19 heavy (non-hydrogen) atoms. The third kappa shape index (κ3) is 2.78. The largest absolute Gasteiger partial charge is 0.459 e. The highest BCUT2D eigenvalue weighted by Gasteiger charge is 2.29. The molecule has 1 heterocycles. The Balaban J connectivity index is 2.47. The molecule has 104 valence electrons. The summed E-state index contributed by atoms with van der Waals surface area (Å²) < 4.78 is 41.8. The van der Waals surface area contributed by atoms with Crippen molar-refractivity contribution in [3.8, 4) is 0 Å². The molecule has 1 aromatic carbocycles. The zero-order valence-electron chi connectivity index (χ0n) is 10.6. The molecule has 0 spiro atoms. The maximum Gasteiger partial charge on any atom is 0.152 e. The van der Waals surface area contributed by atoms with E-state index in [1.54, 1.807) is 6.07 Å². The minimum Gasteiger partial charge on any atom is -0.459 e. The van der Waals surface area contributed by atoms with Gasteiger partial charge in [-0.1, -0.05) is 0 Å². The number of rotatable bonds is 4. The van der Waals surface area contributed by atoms with E-state index in [0.29, 0.717) is 16.7 Å². The van der Waals surface area contributed by atoms with E-state index in [4.69, 9.17) is 10.3 Å². The Morgan fingerprint density at radius 3 is 2.63 bits per heavy atom. The lowest BCUT2D eigenvalue weighted by atomic mass is 10.1. The van der Waals surface area contributed by atoms with E-state index in [1.165, 1.54) is 25.1 Å². The predicted molar refractivity (Wildman–Crippen MR) is 70.5 cm³/mol. The number of nitrogens with one attached hydrogen (secondary N) is 1. The van der Waals surface area contributed by atoms with E-state index in [2.05, 4.69) is 5.43 Å². The van der Waals surface area contributed by atoms with Gasteiger partial charge >= 0.3 is 0 Å². The molecule has 0 aliphatic heterocycles. The van der Waals surface area contributed by atoms with E-state index < -0.39 is 21.1 Å². The van der Waals surface area contributed by atoms with E-state index in [1.807, 2.05) is 0 Å². The lowest BCUT2D eigenvalue weighted by molar-refractivity contribution is 0.424. The second-order valence-electron chi connectivity index (χ2n) is 4.51. The molecule has 0 saturated heterocycles. The first-order chi connectivity index (χ1) is 8.82. The zero-order valence-corrected chi connectivity index (χ0v) is 11.4. The third-order valence-electron chi connectivity index (χ3n) is 3.13. The van der Waals surface area contributed by atoms with Crippen LogP contribution in [-0.2, 0) is 9.84 Å². The molecule has 2 aromatic rings. The van der Waals surface area contributed by atoms with Gasteiger partial charge in [-0.2, -0.15) is 0 Å². The van der Waals surface area contributed by atoms with Crippen LogP contribution >= 0.6 is 0 Å². The van der Waals surface area contributed by atoms with Crippen molar-refractivity contribution in [1.29, 1.82) is 0 Å². The summed E-state index contributed by atoms with van der Waals surface area (Å²) in [6, 6.07) is 4.99. The Morgan fingerprint density at radius 2 is 2.05 bits per heavy atom. The second-order valence-corrected chi connectivity index (χ2v) is 6.91. The van der Waals surface area contributed by atoms with Gasteiger partial charge in [0.15, 0.2) is 9.84 Å². The predicted octanol–water partition coefficient (Wildman–Crippen LogP) is 1.51. The number of hydrogen-bond donors (Lipinski definition) is 2. The summed E-state index contributed by atoms with van der Waals surface area (Å²) in [4.78, 5) is 0. The molecule has 7 heteroatoms. The standard InChI is InChI=1S/C12H15FN2O3S/c1-7(19(2,16)17)12(15-14)11-6-8-5-9(13)3-4-10(8)18-11/h3-7,12,15H,14H2,1-2H3. The number of halogens is 1. The van der Waals surface area contributed by atoms with E-state index >= 15 is 0 Å². The van der Waals surface area contributed by atoms with Crippen LogP contribution in [0.1, 0.15) is 18.7 Å². The van der Waals surface area contributed by atoms with Crippen LogP contribution in [0, 0.1) is 5.82 Å². The SMILES string of the molecule is CC(C(NN)c1cc2cc(F)ccc2o1)S(C)(=O)=O. The number of fused-ring (bicyclic) bond motifs is 1. The molecule has 5 nitrogen and oxygen atoms in total. The summed E-state index contributed by atoms with van der Waals surface area (Å²) in [5, 5.41) is -0.195. The molecule has 0 aliphatic rings. The topological polar surface area (TPSA) is 85.3 Å². The maximum atomic E-state index is 13.1. The van der Waals surface area contributed by atoms with Gasteiger partial charge in [0.2, 0.25) is 0 Å². The van der Waals surface area contributed by atoms with Gasteiger partial charge in [0.25, 0.3) is 0 Å². The number of nitrogens with two attached hydrogens (primary N) is 1. The van der Waals surface area contributed by atoms with Crippen LogP contribution in [-0.4, -0.2) is 19.9 Å². The highest BCUT2D eigenvalue weighted by atomic mass is 32.2. The molecule has 0 saturated carbocycles. The summed E-state index contributed by atoms with van der Waals surface area (Å²) in [5.41, 5.74) is 2.92. The molecule has 0 amide bonds. The van der Waals surface area contributed by atoms with Gasteiger partial charge in [0, 0.05) is 11.6 Å². The van der Waals surface area contributed by atoms with Gasteiger partial charge in [-0.3, -0.25) is 5.84 Å². The Labute approximate surface area is 110 Å². The molecule has 2 unspecified atom stereocenters. The van der Waals surface area contributed by atoms with Crippen molar-refractivity contribution in [2.75, 3.05) is 6.26 Å². The van der Waals surface area contributed by atoms with Gasteiger partial charge in [-0.05, 0) is 31.2 Å². The molecule has 3 N–H and O–H groups in total. The average molecular weight is 286 g/mol. The highest BCUT2D eigenvalue weighted by Crippen LogP contribution is 2.28. The van der Waals surface area contributed by atoms with Crippen molar-refractivity contribution in [2.24, 2.45) is 5.84 Å². The third-order valence-corrected chi connectivity index (χ3v) is 4.75. The summed E-state index contributed by atoms with van der Waals surface area (Å²) in [7, 11) is -3.28. The molecule has 2 rings (SSSR count). The monoisotopic (exact) mass is 286 g/mol. The Hall–Kier alpha value is -1.44. The molecule has 0 aliphatic carbocycles. The lowest BCUT2D eigenvalue weighted by Gasteiger charge is -2.19. The quantitative estimate of drug-likeness (QED) is 0.657. The smallest absolute Gasteiger partial charge is 0.152 e. The Bertz CT molecular complexity index is 696. The average Bonchev–Trinajstić information content (AvgIpc) is 2.71. The van der Waals surface area contributed by atoms with E-state index in [-0.39, 0.29) is 5.82 Å². The number of sulfone groups is 1. The zero-order chi connectivity index (χ0) is 14.2. The van der Waals surface area contributed by atoms with Crippen LogP contribution in [0.25, 0.3) is 11.0 Å². The number of furan rings is 1. The van der Waals surface area contributed by atoms with Crippen LogP contribution in [0.4, 0.5) is 4.39 Å². The van der Waals surface area contributed by atoms with Crippen molar-refractivity contribution < 1.29 is 17.2 Å². The van der Waals surface area contributed by atoms with Crippen molar-refractivity contribution in [2.45, 2.75) is 18.2 Å². The van der Waals surface area contributed by atoms with Crippen molar-refractivity contribution >= 4 is 20.8 Å². The van der Waals surface area contributed by atoms with Crippen molar-refractivity contribution in [3.63, 3.8) is 0 Å². The van der Waals surface area contributed by atoms with Gasteiger partial charge in [-0.15, -0.1) is 0 Å². The van der Waals surface area contributed by atoms with Crippen LogP contribution in [0.3, 0.4) is 0 Å². The van der Waals surface area contributed by atoms with E-state index in [0.717, 1.165) is 6.26 Å². The first kappa shape index (κ1) is 14.0. The number of benzene rings is 1. The summed E-state index contributed by atoms with van der Waals surface area (Å²) in [6.07, 6.45) is 1.13. The van der Waals surface area contributed by atoms with Crippen LogP contribution < -0.4 is 11.3 Å². The van der Waals surface area contributed by atoms with Crippen LogP contribution in [0.2, 0.25) is 0 Å². The molecule has 0 bridgehead atoms. The van der Waals surface area contributed by atoms with Crippen molar-refractivity contribution in [1.82, 2.24) is 5.43 Å². The van der Waals surface area contributed by atoms with Gasteiger partial charge in [0.1, 0.15) is 17.2 Å². The first-order valence-corrected chi connectivity index (χ1v) is 7.62. The summed E-state index contributed by atoms with van der Waals surface area (Å²) in [6.45, 7) is 1.54. The number of hydrogen-bond acceptors (Lipinski definition) is 5. The van der Waals surface area contributed by atoms with Gasteiger partial charge < -0.3 is 4.42 Å². The minimum absolute atomic E-state index is 0.362. The van der Waals surface area contributed by atoms with Crippen molar-refractivity contribution in [3.05, 3.63) is 35.8 Å². The minimum atomic E-state index is -3.28.